The van der Waals surface area contributed by atoms with Crippen molar-refractivity contribution in [1.82, 2.24) is 30.6 Å². The molecule has 126 valence electrons. The van der Waals surface area contributed by atoms with E-state index in [1.165, 1.54) is 0 Å². The van der Waals surface area contributed by atoms with Crippen molar-refractivity contribution in [2.24, 2.45) is 0 Å². The van der Waals surface area contributed by atoms with E-state index in [0.29, 0.717) is 0 Å². The summed E-state index contributed by atoms with van der Waals surface area (Å²) in [6, 6.07) is 15.8. The van der Waals surface area contributed by atoms with Crippen LogP contribution in [0.25, 0.3) is 28.0 Å². The number of aromatic amines is 2. The molecule has 0 aliphatic rings. The van der Waals surface area contributed by atoms with Gasteiger partial charge in [0.1, 0.15) is 17.5 Å². The van der Waals surface area contributed by atoms with Crippen LogP contribution < -0.4 is 5.32 Å². The first-order valence-corrected chi connectivity index (χ1v) is 7.91. The molecule has 0 amide bonds. The summed E-state index contributed by atoms with van der Waals surface area (Å²) in [5.74, 6) is 1.04. The number of allylic oxidation sites excluding steroid dienone is 1. The number of para-hydroxylation sites is 2. The lowest BCUT2D eigenvalue weighted by Crippen LogP contribution is -1.96. The molecule has 0 saturated heterocycles. The first-order valence-electron chi connectivity index (χ1n) is 7.91. The van der Waals surface area contributed by atoms with Crippen molar-refractivity contribution in [1.29, 1.82) is 5.26 Å². The first-order chi connectivity index (χ1) is 12.8. The second kappa shape index (κ2) is 6.49. The average Bonchev–Trinajstić information content (AvgIpc) is 3.33. The number of hydrogen-bond donors (Lipinski definition) is 3. The van der Waals surface area contributed by atoms with Gasteiger partial charge in [0, 0.05) is 17.5 Å². The molecular formula is C18H14N8. The Hall–Kier alpha value is -3.99. The van der Waals surface area contributed by atoms with Gasteiger partial charge in [-0.1, -0.05) is 24.3 Å². The Morgan fingerprint density at radius 1 is 1.19 bits per heavy atom. The number of nitriles is 1. The number of aromatic nitrogens is 6. The van der Waals surface area contributed by atoms with Gasteiger partial charge in [-0.05, 0) is 35.9 Å². The molecule has 0 bridgehead atoms. The van der Waals surface area contributed by atoms with Gasteiger partial charge in [0.15, 0.2) is 0 Å². The molecule has 0 saturated carbocycles. The van der Waals surface area contributed by atoms with E-state index in [-0.39, 0.29) is 11.4 Å². The van der Waals surface area contributed by atoms with E-state index in [4.69, 9.17) is 0 Å². The molecule has 4 rings (SSSR count). The van der Waals surface area contributed by atoms with Crippen molar-refractivity contribution in [3.63, 3.8) is 0 Å². The molecule has 3 N–H and O–H groups in total. The minimum absolute atomic E-state index is 0.242. The molecular weight excluding hydrogens is 328 g/mol. The molecule has 2 aromatic carbocycles. The fourth-order valence-corrected chi connectivity index (χ4v) is 2.70. The van der Waals surface area contributed by atoms with Crippen molar-refractivity contribution >= 4 is 22.3 Å². The third-order valence-corrected chi connectivity index (χ3v) is 4.06. The van der Waals surface area contributed by atoms with Gasteiger partial charge in [-0.3, -0.25) is 0 Å². The molecule has 26 heavy (non-hydrogen) atoms. The van der Waals surface area contributed by atoms with Crippen molar-refractivity contribution in [3.8, 4) is 17.5 Å². The van der Waals surface area contributed by atoms with Crippen molar-refractivity contribution in [2.75, 3.05) is 5.32 Å². The second-order valence-corrected chi connectivity index (χ2v) is 5.63. The molecule has 0 atom stereocenters. The van der Waals surface area contributed by atoms with Crippen LogP contribution in [0.5, 0.6) is 0 Å². The summed E-state index contributed by atoms with van der Waals surface area (Å²) in [5, 5.41) is 25.9. The maximum Gasteiger partial charge on any atom is 0.216 e. The molecule has 2 heterocycles. The second-order valence-electron chi connectivity index (χ2n) is 5.63. The number of H-pyrrole nitrogens is 2. The Morgan fingerprint density at radius 2 is 2.08 bits per heavy atom. The van der Waals surface area contributed by atoms with E-state index < -0.39 is 0 Å². The van der Waals surface area contributed by atoms with Crippen LogP contribution in [0, 0.1) is 18.3 Å². The van der Waals surface area contributed by atoms with Crippen LogP contribution in [0.4, 0.5) is 5.69 Å². The predicted octanol–water partition coefficient (Wildman–Crippen LogP) is 3.03. The number of rotatable bonds is 4. The normalized spacial score (nSPS) is 11.5. The number of fused-ring (bicyclic) bond motifs is 1. The van der Waals surface area contributed by atoms with E-state index in [1.807, 2.05) is 49.4 Å². The number of nitrogens with zero attached hydrogens (tertiary/aromatic N) is 5. The largest absolute Gasteiger partial charge is 0.360 e. The zero-order valence-corrected chi connectivity index (χ0v) is 13.9. The molecule has 8 heteroatoms. The van der Waals surface area contributed by atoms with E-state index >= 15 is 0 Å². The van der Waals surface area contributed by atoms with Gasteiger partial charge in [-0.2, -0.15) is 10.5 Å². The molecule has 0 radical (unpaired) electrons. The van der Waals surface area contributed by atoms with Crippen molar-refractivity contribution < 1.29 is 0 Å². The summed E-state index contributed by atoms with van der Waals surface area (Å²) in [7, 11) is 0. The third-order valence-electron chi connectivity index (χ3n) is 4.06. The molecule has 0 fully saturated rings. The van der Waals surface area contributed by atoms with Crippen LogP contribution in [-0.4, -0.2) is 30.6 Å². The number of nitrogens with one attached hydrogen (secondary N) is 3. The average molecular weight is 342 g/mol. The Bertz CT molecular complexity index is 1100. The predicted molar refractivity (Wildman–Crippen MR) is 97.7 cm³/mol. The van der Waals surface area contributed by atoms with E-state index in [9.17, 15) is 5.26 Å². The van der Waals surface area contributed by atoms with Crippen LogP contribution in [-0.2, 0) is 0 Å². The van der Waals surface area contributed by atoms with Crippen LogP contribution >= 0.6 is 0 Å². The maximum absolute atomic E-state index is 9.26. The van der Waals surface area contributed by atoms with Gasteiger partial charge in [-0.15, -0.1) is 10.2 Å². The van der Waals surface area contributed by atoms with Gasteiger partial charge in [0.2, 0.25) is 5.82 Å². The monoisotopic (exact) mass is 342 g/mol. The Labute approximate surface area is 148 Å². The Morgan fingerprint density at radius 3 is 2.85 bits per heavy atom. The highest BCUT2D eigenvalue weighted by Gasteiger charge is 2.11. The van der Waals surface area contributed by atoms with Gasteiger partial charge < -0.3 is 10.3 Å². The van der Waals surface area contributed by atoms with Crippen LogP contribution in [0.1, 0.15) is 11.4 Å². The number of tetrazole rings is 1. The SMILES string of the molecule is Cc1c(NC=C(C#N)c2nn[nH]n2)cccc1-c1nc2ccccc2[nH]1. The van der Waals surface area contributed by atoms with Crippen LogP contribution in [0.2, 0.25) is 0 Å². The van der Waals surface area contributed by atoms with E-state index in [1.54, 1.807) is 6.20 Å². The summed E-state index contributed by atoms with van der Waals surface area (Å²) in [6.07, 6.45) is 1.57. The summed E-state index contributed by atoms with van der Waals surface area (Å²) < 4.78 is 0. The quantitative estimate of drug-likeness (QED) is 0.490. The number of hydrogen-bond acceptors (Lipinski definition) is 6. The van der Waals surface area contributed by atoms with E-state index in [2.05, 4.69) is 42.0 Å². The van der Waals surface area contributed by atoms with Crippen LogP contribution in [0.3, 0.4) is 0 Å². The molecule has 0 spiro atoms. The van der Waals surface area contributed by atoms with Crippen LogP contribution in [0.15, 0.2) is 48.7 Å². The van der Waals surface area contributed by atoms with Crippen molar-refractivity contribution in [3.05, 3.63) is 60.1 Å². The Kier molecular flexibility index (Phi) is 3.88. The topological polar surface area (TPSA) is 119 Å². The highest BCUT2D eigenvalue weighted by atomic mass is 15.5. The highest BCUT2D eigenvalue weighted by molar-refractivity contribution is 5.81. The zero-order chi connectivity index (χ0) is 17.9. The highest BCUT2D eigenvalue weighted by Crippen LogP contribution is 2.28. The fourth-order valence-electron chi connectivity index (χ4n) is 2.70. The molecule has 0 unspecified atom stereocenters. The summed E-state index contributed by atoms with van der Waals surface area (Å²) in [6.45, 7) is 2.00. The minimum atomic E-state index is 0.242. The van der Waals surface area contributed by atoms with E-state index in [0.717, 1.165) is 33.7 Å². The molecule has 0 aliphatic heterocycles. The molecule has 4 aromatic rings. The first kappa shape index (κ1) is 15.5. The number of imidazole rings is 1. The molecule has 8 nitrogen and oxygen atoms in total. The third kappa shape index (κ3) is 2.78. The number of anilines is 1. The fraction of sp³-hybridized carbons (Fsp3) is 0.0556. The lowest BCUT2D eigenvalue weighted by atomic mass is 10.1. The smallest absolute Gasteiger partial charge is 0.216 e. The standard InChI is InChI=1S/C18H14N8/c1-11-13(18-21-15-6-2-3-7-16(15)22-18)5-4-8-14(11)20-10-12(9-19)17-23-25-26-24-17/h2-8,10,20H,1H3,(H,21,22)(H,23,24,25,26). The van der Waals surface area contributed by atoms with Gasteiger partial charge in [-0.25, -0.2) is 4.98 Å². The lowest BCUT2D eigenvalue weighted by Gasteiger charge is -2.09. The minimum Gasteiger partial charge on any atom is -0.360 e. The zero-order valence-electron chi connectivity index (χ0n) is 13.9. The molecule has 0 aliphatic carbocycles. The summed E-state index contributed by atoms with van der Waals surface area (Å²) >= 11 is 0. The molecule has 2 aromatic heterocycles. The van der Waals surface area contributed by atoms with Gasteiger partial charge in [0.25, 0.3) is 0 Å². The van der Waals surface area contributed by atoms with Gasteiger partial charge in [0.05, 0.1) is 11.0 Å². The Balaban J connectivity index is 1.69. The van der Waals surface area contributed by atoms with Gasteiger partial charge >= 0.3 is 0 Å². The summed E-state index contributed by atoms with van der Waals surface area (Å²) in [5.41, 5.74) is 5.05. The van der Waals surface area contributed by atoms with Crippen molar-refractivity contribution in [2.45, 2.75) is 6.92 Å². The lowest BCUT2D eigenvalue weighted by molar-refractivity contribution is 0.881. The summed E-state index contributed by atoms with van der Waals surface area (Å²) in [4.78, 5) is 7.99. The maximum atomic E-state index is 9.26. The number of benzene rings is 2.